The predicted octanol–water partition coefficient (Wildman–Crippen LogP) is 5.93. The van der Waals surface area contributed by atoms with Crippen molar-refractivity contribution in [1.82, 2.24) is 9.55 Å². The van der Waals surface area contributed by atoms with Crippen LogP contribution < -0.4 is 0 Å². The summed E-state index contributed by atoms with van der Waals surface area (Å²) in [7, 11) is 0. The molecule has 2 nitrogen and oxygen atoms in total. The van der Waals surface area contributed by atoms with Crippen molar-refractivity contribution < 1.29 is 8.78 Å². The van der Waals surface area contributed by atoms with Crippen LogP contribution >= 0.6 is 47.0 Å². The average molecular weight is 366 g/mol. The lowest BCUT2D eigenvalue weighted by molar-refractivity contribution is 0.627. The van der Waals surface area contributed by atoms with E-state index < -0.39 is 11.6 Å². The van der Waals surface area contributed by atoms with E-state index in [-0.39, 0.29) is 19.8 Å². The lowest BCUT2D eigenvalue weighted by Crippen LogP contribution is -1.97. The van der Waals surface area contributed by atoms with Gasteiger partial charge >= 0.3 is 0 Å². The molecule has 1 N–H and O–H groups in total. The first-order chi connectivity index (χ1) is 9.88. The molecule has 21 heavy (non-hydrogen) atoms. The van der Waals surface area contributed by atoms with Crippen LogP contribution in [0.25, 0.3) is 16.7 Å². The second-order valence-corrected chi connectivity index (χ2v) is 5.88. The lowest BCUT2D eigenvalue weighted by atomic mass is 10.2. The van der Waals surface area contributed by atoms with Crippen molar-refractivity contribution in [1.29, 1.82) is 0 Å². The third-order valence-corrected chi connectivity index (χ3v) is 4.08. The molecular weight excluding hydrogens is 361 g/mol. The number of imidazole rings is 1. The highest BCUT2D eigenvalue weighted by atomic mass is 35.5. The molecule has 0 atom stereocenters. The third kappa shape index (κ3) is 2.44. The molecule has 0 spiro atoms. The van der Waals surface area contributed by atoms with Crippen molar-refractivity contribution >= 4 is 58.1 Å². The van der Waals surface area contributed by atoms with Gasteiger partial charge in [-0.2, -0.15) is 0 Å². The Bertz CT molecular complexity index is 910. The molecule has 0 aliphatic heterocycles. The molecule has 0 saturated heterocycles. The Kier molecular flexibility index (Phi) is 3.69. The van der Waals surface area contributed by atoms with E-state index in [0.29, 0.717) is 16.7 Å². The Balaban J connectivity index is 2.44. The van der Waals surface area contributed by atoms with Gasteiger partial charge in [-0.05, 0) is 30.4 Å². The molecule has 3 aromatic rings. The summed E-state index contributed by atoms with van der Waals surface area (Å²) >= 11 is 23.1. The van der Waals surface area contributed by atoms with Gasteiger partial charge in [0.2, 0.25) is 0 Å². The van der Waals surface area contributed by atoms with Crippen molar-refractivity contribution in [2.24, 2.45) is 0 Å². The van der Waals surface area contributed by atoms with Crippen molar-refractivity contribution in [2.45, 2.75) is 0 Å². The maximum Gasteiger partial charge on any atom is 0.182 e. The normalized spacial score (nSPS) is 11.3. The van der Waals surface area contributed by atoms with Gasteiger partial charge in [-0.3, -0.25) is 4.57 Å². The first kappa shape index (κ1) is 14.8. The van der Waals surface area contributed by atoms with Crippen molar-refractivity contribution in [3.8, 4) is 5.69 Å². The van der Waals surface area contributed by atoms with Crippen LogP contribution in [0.1, 0.15) is 0 Å². The predicted molar refractivity (Wildman–Crippen MR) is 83.4 cm³/mol. The van der Waals surface area contributed by atoms with E-state index in [4.69, 9.17) is 47.0 Å². The van der Waals surface area contributed by atoms with Gasteiger partial charge in [-0.15, -0.1) is 0 Å². The molecule has 0 amide bonds. The van der Waals surface area contributed by atoms with Crippen LogP contribution in [0.5, 0.6) is 0 Å². The van der Waals surface area contributed by atoms with Gasteiger partial charge in [0.25, 0.3) is 0 Å². The fraction of sp³-hybridized carbons (Fsp3) is 0. The van der Waals surface area contributed by atoms with Crippen molar-refractivity contribution in [3.63, 3.8) is 0 Å². The van der Waals surface area contributed by atoms with Crippen molar-refractivity contribution in [2.75, 3.05) is 0 Å². The summed E-state index contributed by atoms with van der Waals surface area (Å²) in [6.45, 7) is 0. The minimum atomic E-state index is -0.580. The number of hydrogen-bond donors (Lipinski definition) is 1. The smallest absolute Gasteiger partial charge is 0.182 e. The van der Waals surface area contributed by atoms with Gasteiger partial charge in [0.1, 0.15) is 11.6 Å². The van der Waals surface area contributed by atoms with E-state index in [0.717, 1.165) is 12.1 Å². The molecule has 0 saturated carbocycles. The number of nitrogens with one attached hydrogen (secondary N) is 1. The first-order valence-electron chi connectivity index (χ1n) is 5.63. The third-order valence-electron chi connectivity index (χ3n) is 2.93. The Morgan fingerprint density at radius 2 is 1.57 bits per heavy atom. The van der Waals surface area contributed by atoms with Gasteiger partial charge in [-0.25, -0.2) is 8.78 Å². The van der Waals surface area contributed by atoms with Crippen LogP contribution in [-0.4, -0.2) is 9.55 Å². The number of halogens is 5. The number of H-pyrrole nitrogens is 1. The lowest BCUT2D eigenvalue weighted by Gasteiger charge is -2.10. The summed E-state index contributed by atoms with van der Waals surface area (Å²) in [5.41, 5.74) is 1.22. The summed E-state index contributed by atoms with van der Waals surface area (Å²) in [5.74, 6) is -1.15. The van der Waals surface area contributed by atoms with Gasteiger partial charge in [0, 0.05) is 6.07 Å². The fourth-order valence-electron chi connectivity index (χ4n) is 2.07. The molecule has 0 aliphatic carbocycles. The summed E-state index contributed by atoms with van der Waals surface area (Å²) in [5, 5.41) is 0.0921. The Labute approximate surface area is 137 Å². The topological polar surface area (TPSA) is 20.7 Å². The number of benzene rings is 2. The molecule has 2 aromatic carbocycles. The zero-order valence-electron chi connectivity index (χ0n) is 10.1. The quantitative estimate of drug-likeness (QED) is 0.530. The Morgan fingerprint density at radius 1 is 0.952 bits per heavy atom. The van der Waals surface area contributed by atoms with Gasteiger partial charge in [0.05, 0.1) is 31.8 Å². The average Bonchev–Trinajstić information content (AvgIpc) is 2.66. The molecule has 0 radical (unpaired) electrons. The van der Waals surface area contributed by atoms with E-state index >= 15 is 0 Å². The maximum absolute atomic E-state index is 13.5. The van der Waals surface area contributed by atoms with Gasteiger partial charge in [0.15, 0.2) is 4.77 Å². The molecule has 0 fully saturated rings. The van der Waals surface area contributed by atoms with Gasteiger partial charge in [-0.1, -0.05) is 34.8 Å². The fourth-order valence-corrected chi connectivity index (χ4v) is 3.16. The number of nitrogens with zero attached hydrogens (tertiary/aromatic N) is 1. The maximum atomic E-state index is 13.5. The molecule has 0 unspecified atom stereocenters. The monoisotopic (exact) mass is 364 g/mol. The van der Waals surface area contributed by atoms with Crippen LogP contribution in [0.4, 0.5) is 8.78 Å². The SMILES string of the molecule is Fc1cc(Cl)c(-n2c(=S)[nH]c3cc(F)c(Cl)cc32)c(Cl)c1. The number of aromatic amines is 1. The van der Waals surface area contributed by atoms with E-state index in [2.05, 4.69) is 4.98 Å². The summed E-state index contributed by atoms with van der Waals surface area (Å²) in [6.07, 6.45) is 0. The van der Waals surface area contributed by atoms with Crippen LogP contribution in [0, 0.1) is 16.4 Å². The number of fused-ring (bicyclic) bond motifs is 1. The molecule has 3 rings (SSSR count). The summed E-state index contributed by atoms with van der Waals surface area (Å²) in [4.78, 5) is 2.83. The van der Waals surface area contributed by atoms with E-state index in [9.17, 15) is 8.78 Å². The molecule has 8 heteroatoms. The zero-order valence-corrected chi connectivity index (χ0v) is 13.1. The minimum absolute atomic E-state index is 0.0698. The molecule has 1 heterocycles. The highest BCUT2D eigenvalue weighted by Gasteiger charge is 2.16. The van der Waals surface area contributed by atoms with Crippen LogP contribution in [0.3, 0.4) is 0 Å². The van der Waals surface area contributed by atoms with E-state index in [1.54, 1.807) is 0 Å². The zero-order chi connectivity index (χ0) is 15.3. The minimum Gasteiger partial charge on any atom is -0.330 e. The molecule has 108 valence electrons. The Hall–Kier alpha value is -1.14. The van der Waals surface area contributed by atoms with Crippen LogP contribution in [0.2, 0.25) is 15.1 Å². The second kappa shape index (κ2) is 5.25. The molecule has 0 aliphatic rings. The first-order valence-corrected chi connectivity index (χ1v) is 7.17. The molecule has 0 bridgehead atoms. The van der Waals surface area contributed by atoms with Gasteiger partial charge < -0.3 is 4.98 Å². The number of rotatable bonds is 1. The van der Waals surface area contributed by atoms with Crippen LogP contribution in [0.15, 0.2) is 24.3 Å². The second-order valence-electron chi connectivity index (χ2n) is 4.27. The number of hydrogen-bond acceptors (Lipinski definition) is 1. The summed E-state index contributed by atoms with van der Waals surface area (Å²) < 4.78 is 28.5. The Morgan fingerprint density at radius 3 is 2.19 bits per heavy atom. The standard InChI is InChI=1S/C13H5Cl3F2N2S/c14-6-3-11-10(4-9(6)18)19-13(21)20(11)12-7(15)1-5(17)2-8(12)16/h1-4H,(H,19,21). The van der Waals surface area contributed by atoms with Crippen molar-refractivity contribution in [3.05, 3.63) is 55.7 Å². The number of aromatic nitrogens is 2. The highest BCUT2D eigenvalue weighted by molar-refractivity contribution is 7.71. The highest BCUT2D eigenvalue weighted by Crippen LogP contribution is 2.33. The molecule has 1 aromatic heterocycles. The molecular formula is C13H5Cl3F2N2S. The summed E-state index contributed by atoms with van der Waals surface area (Å²) in [6, 6.07) is 4.85. The van der Waals surface area contributed by atoms with Crippen LogP contribution in [-0.2, 0) is 0 Å². The largest absolute Gasteiger partial charge is 0.330 e. The van der Waals surface area contributed by atoms with E-state index in [1.165, 1.54) is 16.7 Å². The van der Waals surface area contributed by atoms with E-state index in [1.807, 2.05) is 0 Å².